The number of carbonyl (C=O) groups excluding carboxylic acids is 3. The normalized spacial score (nSPS) is 12.5. The van der Waals surface area contributed by atoms with Gasteiger partial charge < -0.3 is 14.2 Å². The molecular weight excluding hydrogens is 781 g/mol. The highest BCUT2D eigenvalue weighted by atomic mass is 16.6. The van der Waals surface area contributed by atoms with Crippen LogP contribution in [0.3, 0.4) is 0 Å². The van der Waals surface area contributed by atoms with E-state index in [0.29, 0.717) is 19.3 Å². The van der Waals surface area contributed by atoms with Gasteiger partial charge in [0, 0.05) is 19.3 Å². The van der Waals surface area contributed by atoms with Gasteiger partial charge in [-0.05, 0) is 31.1 Å². The van der Waals surface area contributed by atoms with Crippen molar-refractivity contribution in [3.8, 4) is 0 Å². The topological polar surface area (TPSA) is 78.9 Å². The molecule has 6 heteroatoms. The standard InChI is InChI=1S/C57H110O6/c1-6-8-9-10-11-12-13-14-15-16-17-22-29-34-39-44-49-57(60)63-54(51-62-56(59)48-43-38-33-28-24-23-26-31-36-41-46-53(5)7-2)50-61-55(58)47-42-37-32-27-21-19-18-20-25-30-35-40-45-52(3)4/h52-54H,6-51H2,1-5H3/t53?,54-/m1/s1. The van der Waals surface area contributed by atoms with Crippen LogP contribution >= 0.6 is 0 Å². The predicted molar refractivity (Wildman–Crippen MR) is 270 cm³/mol. The number of ether oxygens (including phenoxy) is 3. The van der Waals surface area contributed by atoms with E-state index in [2.05, 4.69) is 34.6 Å². The van der Waals surface area contributed by atoms with Crippen LogP contribution in [0.1, 0.15) is 317 Å². The summed E-state index contributed by atoms with van der Waals surface area (Å²) in [5.74, 6) is 0.862. The summed E-state index contributed by atoms with van der Waals surface area (Å²) in [6.45, 7) is 11.4. The highest BCUT2D eigenvalue weighted by Gasteiger charge is 2.19. The van der Waals surface area contributed by atoms with Gasteiger partial charge in [0.1, 0.15) is 13.2 Å². The minimum absolute atomic E-state index is 0.0631. The van der Waals surface area contributed by atoms with Crippen LogP contribution < -0.4 is 0 Å². The lowest BCUT2D eigenvalue weighted by molar-refractivity contribution is -0.167. The van der Waals surface area contributed by atoms with Crippen LogP contribution in [0.15, 0.2) is 0 Å². The first kappa shape index (κ1) is 61.4. The van der Waals surface area contributed by atoms with Gasteiger partial charge in [-0.3, -0.25) is 14.4 Å². The van der Waals surface area contributed by atoms with E-state index in [0.717, 1.165) is 69.6 Å². The number of hydrogen-bond acceptors (Lipinski definition) is 6. The van der Waals surface area contributed by atoms with Crippen molar-refractivity contribution < 1.29 is 28.6 Å². The van der Waals surface area contributed by atoms with E-state index >= 15 is 0 Å². The Bertz CT molecular complexity index is 964. The maximum atomic E-state index is 12.8. The monoisotopic (exact) mass is 891 g/mol. The van der Waals surface area contributed by atoms with Crippen molar-refractivity contribution in [2.24, 2.45) is 11.8 Å². The predicted octanol–water partition coefficient (Wildman–Crippen LogP) is 18.5. The van der Waals surface area contributed by atoms with Gasteiger partial charge >= 0.3 is 17.9 Å². The molecule has 6 nitrogen and oxygen atoms in total. The minimum Gasteiger partial charge on any atom is -0.462 e. The molecule has 0 aliphatic carbocycles. The average molecular weight is 892 g/mol. The molecule has 0 aromatic heterocycles. The van der Waals surface area contributed by atoms with Gasteiger partial charge in [0.2, 0.25) is 0 Å². The van der Waals surface area contributed by atoms with Gasteiger partial charge in [0.25, 0.3) is 0 Å². The lowest BCUT2D eigenvalue weighted by atomic mass is 9.99. The first-order chi connectivity index (χ1) is 30.8. The molecule has 0 saturated carbocycles. The number of esters is 3. The first-order valence-electron chi connectivity index (χ1n) is 28.3. The molecule has 0 rings (SSSR count). The number of unbranched alkanes of at least 4 members (excludes halogenated alkanes) is 35. The summed E-state index contributed by atoms with van der Waals surface area (Å²) in [4.78, 5) is 38.1. The van der Waals surface area contributed by atoms with Crippen molar-refractivity contribution in [3.63, 3.8) is 0 Å². The quantitative estimate of drug-likeness (QED) is 0.0344. The molecule has 0 fully saturated rings. The fourth-order valence-electron chi connectivity index (χ4n) is 8.66. The van der Waals surface area contributed by atoms with E-state index in [9.17, 15) is 14.4 Å². The Morgan fingerprint density at radius 2 is 0.603 bits per heavy atom. The van der Waals surface area contributed by atoms with E-state index in [-0.39, 0.29) is 31.1 Å². The second-order valence-corrected chi connectivity index (χ2v) is 20.3. The van der Waals surface area contributed by atoms with Crippen molar-refractivity contribution >= 4 is 17.9 Å². The Balaban J connectivity index is 4.32. The Kier molecular flexibility index (Phi) is 48.6. The van der Waals surface area contributed by atoms with Crippen LogP contribution in [0.5, 0.6) is 0 Å². The zero-order valence-corrected chi connectivity index (χ0v) is 43.2. The summed E-state index contributed by atoms with van der Waals surface area (Å²) in [5, 5.41) is 0. The van der Waals surface area contributed by atoms with Crippen molar-refractivity contribution in [2.75, 3.05) is 13.2 Å². The Labute approximate surface area is 393 Å². The lowest BCUT2D eigenvalue weighted by Crippen LogP contribution is -2.30. The van der Waals surface area contributed by atoms with Crippen LogP contribution in [0.4, 0.5) is 0 Å². The maximum absolute atomic E-state index is 12.8. The van der Waals surface area contributed by atoms with E-state index in [1.54, 1.807) is 0 Å². The van der Waals surface area contributed by atoms with Crippen molar-refractivity contribution in [3.05, 3.63) is 0 Å². The van der Waals surface area contributed by atoms with E-state index < -0.39 is 6.10 Å². The van der Waals surface area contributed by atoms with Gasteiger partial charge in [-0.1, -0.05) is 279 Å². The summed E-state index contributed by atoms with van der Waals surface area (Å²) in [6.07, 6.45) is 52.2. The van der Waals surface area contributed by atoms with Crippen LogP contribution in [-0.2, 0) is 28.6 Å². The summed E-state index contributed by atoms with van der Waals surface area (Å²) >= 11 is 0. The van der Waals surface area contributed by atoms with Gasteiger partial charge in [-0.25, -0.2) is 0 Å². The minimum atomic E-state index is -0.762. The molecule has 374 valence electrons. The fraction of sp³-hybridized carbons (Fsp3) is 0.947. The van der Waals surface area contributed by atoms with Gasteiger partial charge in [-0.2, -0.15) is 0 Å². The molecule has 0 bridgehead atoms. The number of carbonyl (C=O) groups is 3. The molecule has 0 spiro atoms. The zero-order chi connectivity index (χ0) is 46.1. The van der Waals surface area contributed by atoms with E-state index in [4.69, 9.17) is 14.2 Å². The summed E-state index contributed by atoms with van der Waals surface area (Å²) < 4.78 is 16.9. The lowest BCUT2D eigenvalue weighted by Gasteiger charge is -2.18. The van der Waals surface area contributed by atoms with Crippen LogP contribution in [0.25, 0.3) is 0 Å². The second kappa shape index (κ2) is 49.8. The second-order valence-electron chi connectivity index (χ2n) is 20.3. The summed E-state index contributed by atoms with van der Waals surface area (Å²) in [5.41, 5.74) is 0. The molecule has 0 N–H and O–H groups in total. The third-order valence-corrected chi connectivity index (χ3v) is 13.3. The SMILES string of the molecule is CCCCCCCCCCCCCCCCCCC(=O)O[C@H](COC(=O)CCCCCCCCCCCCCCC(C)C)COC(=O)CCCCCCCCCCCCC(C)CC. The fourth-order valence-corrected chi connectivity index (χ4v) is 8.66. The highest BCUT2D eigenvalue weighted by molar-refractivity contribution is 5.71. The van der Waals surface area contributed by atoms with E-state index in [1.165, 1.54) is 205 Å². The van der Waals surface area contributed by atoms with Crippen LogP contribution in [0, 0.1) is 11.8 Å². The van der Waals surface area contributed by atoms with Crippen LogP contribution in [0.2, 0.25) is 0 Å². The summed E-state index contributed by atoms with van der Waals surface area (Å²) in [6, 6.07) is 0. The molecular formula is C57H110O6. The first-order valence-corrected chi connectivity index (χ1v) is 28.3. The van der Waals surface area contributed by atoms with Gasteiger partial charge in [0.05, 0.1) is 0 Å². The largest absolute Gasteiger partial charge is 0.462 e. The third kappa shape index (κ3) is 49.7. The third-order valence-electron chi connectivity index (χ3n) is 13.3. The molecule has 0 heterocycles. The van der Waals surface area contributed by atoms with Gasteiger partial charge in [0.15, 0.2) is 6.10 Å². The van der Waals surface area contributed by atoms with Crippen molar-refractivity contribution in [2.45, 2.75) is 323 Å². The molecule has 0 aliphatic heterocycles. The number of hydrogen-bond donors (Lipinski definition) is 0. The Morgan fingerprint density at radius 3 is 0.905 bits per heavy atom. The molecule has 0 amide bonds. The molecule has 63 heavy (non-hydrogen) atoms. The molecule has 2 atom stereocenters. The Morgan fingerprint density at radius 1 is 0.333 bits per heavy atom. The molecule has 1 unspecified atom stereocenters. The van der Waals surface area contributed by atoms with Crippen molar-refractivity contribution in [1.82, 2.24) is 0 Å². The summed E-state index contributed by atoms with van der Waals surface area (Å²) in [7, 11) is 0. The maximum Gasteiger partial charge on any atom is 0.306 e. The average Bonchev–Trinajstić information content (AvgIpc) is 3.27. The smallest absolute Gasteiger partial charge is 0.306 e. The molecule has 0 aromatic carbocycles. The molecule has 0 radical (unpaired) electrons. The van der Waals surface area contributed by atoms with E-state index in [1.807, 2.05) is 0 Å². The van der Waals surface area contributed by atoms with Crippen molar-refractivity contribution in [1.29, 1.82) is 0 Å². The van der Waals surface area contributed by atoms with Crippen LogP contribution in [-0.4, -0.2) is 37.2 Å². The zero-order valence-electron chi connectivity index (χ0n) is 43.2. The Hall–Kier alpha value is -1.59. The van der Waals surface area contributed by atoms with Gasteiger partial charge in [-0.15, -0.1) is 0 Å². The molecule has 0 aromatic rings. The molecule has 0 saturated heterocycles. The highest BCUT2D eigenvalue weighted by Crippen LogP contribution is 2.18. The number of rotatable bonds is 51. The molecule has 0 aliphatic rings.